The van der Waals surface area contributed by atoms with E-state index in [9.17, 15) is 5.11 Å². The van der Waals surface area contributed by atoms with Crippen LogP contribution in [0.4, 0.5) is 0 Å². The second-order valence-electron chi connectivity index (χ2n) is 7.54. The standard InChI is InChI=1S/C17H35N3O/c1-5-8-18-17(4,13-21)10-14(2)20-12-16-7-6-9-19(16)11-15(20)3/h14-16,18,21H,5-13H2,1-4H3. The lowest BCUT2D eigenvalue weighted by Gasteiger charge is -2.47. The Morgan fingerprint density at radius 1 is 1.38 bits per heavy atom. The van der Waals surface area contributed by atoms with Crippen LogP contribution in [0.15, 0.2) is 0 Å². The molecule has 0 aromatic carbocycles. The van der Waals surface area contributed by atoms with Gasteiger partial charge in [-0.15, -0.1) is 0 Å². The SMILES string of the molecule is CCCNC(C)(CO)CC(C)N1CC2CCCN2CC1C. The summed E-state index contributed by atoms with van der Waals surface area (Å²) in [5.74, 6) is 0. The maximum Gasteiger partial charge on any atom is 0.0611 e. The van der Waals surface area contributed by atoms with Gasteiger partial charge in [-0.1, -0.05) is 6.92 Å². The van der Waals surface area contributed by atoms with Gasteiger partial charge in [0.25, 0.3) is 0 Å². The summed E-state index contributed by atoms with van der Waals surface area (Å²) >= 11 is 0. The number of hydrogen-bond donors (Lipinski definition) is 2. The van der Waals surface area contributed by atoms with Crippen LogP contribution in [-0.2, 0) is 0 Å². The molecule has 0 aromatic rings. The first-order valence-corrected chi connectivity index (χ1v) is 8.84. The second-order valence-corrected chi connectivity index (χ2v) is 7.54. The van der Waals surface area contributed by atoms with Crippen molar-refractivity contribution in [3.63, 3.8) is 0 Å². The fourth-order valence-corrected chi connectivity index (χ4v) is 4.21. The van der Waals surface area contributed by atoms with E-state index in [1.165, 1.54) is 32.5 Å². The topological polar surface area (TPSA) is 38.7 Å². The van der Waals surface area contributed by atoms with Crippen molar-refractivity contribution in [2.75, 3.05) is 32.8 Å². The molecule has 4 unspecified atom stereocenters. The van der Waals surface area contributed by atoms with Crippen LogP contribution in [0.1, 0.15) is 53.4 Å². The molecular formula is C17H35N3O. The van der Waals surface area contributed by atoms with E-state index in [4.69, 9.17) is 0 Å². The molecule has 0 radical (unpaired) electrons. The van der Waals surface area contributed by atoms with Crippen LogP contribution in [0.3, 0.4) is 0 Å². The first-order valence-electron chi connectivity index (χ1n) is 8.84. The summed E-state index contributed by atoms with van der Waals surface area (Å²) < 4.78 is 0. The van der Waals surface area contributed by atoms with Crippen LogP contribution in [0.5, 0.6) is 0 Å². The summed E-state index contributed by atoms with van der Waals surface area (Å²) in [5, 5.41) is 13.3. The van der Waals surface area contributed by atoms with Crippen LogP contribution < -0.4 is 5.32 Å². The summed E-state index contributed by atoms with van der Waals surface area (Å²) in [5.41, 5.74) is -0.151. The molecule has 0 bridgehead atoms. The molecule has 0 spiro atoms. The summed E-state index contributed by atoms with van der Waals surface area (Å²) in [6, 6.07) is 1.92. The number of aliphatic hydroxyl groups excluding tert-OH is 1. The summed E-state index contributed by atoms with van der Waals surface area (Å²) in [7, 11) is 0. The zero-order valence-electron chi connectivity index (χ0n) is 14.4. The van der Waals surface area contributed by atoms with Gasteiger partial charge in [0.15, 0.2) is 0 Å². The Kier molecular flexibility index (Phi) is 6.06. The van der Waals surface area contributed by atoms with Crippen molar-refractivity contribution in [3.8, 4) is 0 Å². The zero-order chi connectivity index (χ0) is 15.5. The van der Waals surface area contributed by atoms with Crippen molar-refractivity contribution in [2.45, 2.75) is 77.0 Å². The monoisotopic (exact) mass is 297 g/mol. The molecule has 124 valence electrons. The Balaban J connectivity index is 1.93. The first-order chi connectivity index (χ1) is 9.99. The second kappa shape index (κ2) is 7.40. The van der Waals surface area contributed by atoms with Crippen LogP contribution in [0, 0.1) is 0 Å². The number of nitrogens with one attached hydrogen (secondary N) is 1. The van der Waals surface area contributed by atoms with E-state index in [2.05, 4.69) is 42.8 Å². The largest absolute Gasteiger partial charge is 0.394 e. The molecule has 4 atom stereocenters. The lowest BCUT2D eigenvalue weighted by molar-refractivity contribution is 0.0169. The zero-order valence-corrected chi connectivity index (χ0v) is 14.4. The summed E-state index contributed by atoms with van der Waals surface area (Å²) in [4.78, 5) is 5.35. The average molecular weight is 297 g/mol. The minimum Gasteiger partial charge on any atom is -0.394 e. The quantitative estimate of drug-likeness (QED) is 0.750. The van der Waals surface area contributed by atoms with E-state index in [1.807, 2.05) is 0 Å². The molecule has 0 amide bonds. The molecule has 2 rings (SSSR count). The molecule has 4 nitrogen and oxygen atoms in total. The Hall–Kier alpha value is -0.160. The predicted octanol–water partition coefficient (Wildman–Crippen LogP) is 1.68. The van der Waals surface area contributed by atoms with Gasteiger partial charge in [-0.05, 0) is 59.5 Å². The molecule has 0 saturated carbocycles. The molecule has 0 aromatic heterocycles. The maximum absolute atomic E-state index is 9.79. The maximum atomic E-state index is 9.79. The molecule has 0 aliphatic carbocycles. The Labute approximate surface area is 130 Å². The molecule has 2 aliphatic rings. The van der Waals surface area contributed by atoms with Gasteiger partial charge < -0.3 is 10.4 Å². The minimum atomic E-state index is -0.151. The molecule has 2 saturated heterocycles. The van der Waals surface area contributed by atoms with E-state index in [0.717, 1.165) is 25.4 Å². The highest BCUT2D eigenvalue weighted by molar-refractivity contribution is 4.95. The van der Waals surface area contributed by atoms with Crippen molar-refractivity contribution < 1.29 is 5.11 Å². The number of nitrogens with zero attached hydrogens (tertiary/aromatic N) is 2. The van der Waals surface area contributed by atoms with Crippen molar-refractivity contribution >= 4 is 0 Å². The fourth-order valence-electron chi connectivity index (χ4n) is 4.21. The number of aliphatic hydroxyl groups is 1. The summed E-state index contributed by atoms with van der Waals surface area (Å²) in [6.07, 6.45) is 4.86. The number of fused-ring (bicyclic) bond motifs is 1. The lowest BCUT2D eigenvalue weighted by atomic mass is 9.92. The Morgan fingerprint density at radius 2 is 2.14 bits per heavy atom. The fraction of sp³-hybridized carbons (Fsp3) is 1.00. The molecular weight excluding hydrogens is 262 g/mol. The van der Waals surface area contributed by atoms with Crippen LogP contribution in [0.2, 0.25) is 0 Å². The van der Waals surface area contributed by atoms with Gasteiger partial charge in [-0.25, -0.2) is 0 Å². The van der Waals surface area contributed by atoms with Gasteiger partial charge in [0.05, 0.1) is 6.61 Å². The lowest BCUT2D eigenvalue weighted by Crippen LogP contribution is -2.59. The van der Waals surface area contributed by atoms with Gasteiger partial charge in [0, 0.05) is 36.8 Å². The smallest absolute Gasteiger partial charge is 0.0611 e. The molecule has 2 N–H and O–H groups in total. The number of hydrogen-bond acceptors (Lipinski definition) is 4. The van der Waals surface area contributed by atoms with Gasteiger partial charge in [-0.3, -0.25) is 9.80 Å². The van der Waals surface area contributed by atoms with Gasteiger partial charge in [0.1, 0.15) is 0 Å². The minimum absolute atomic E-state index is 0.151. The highest BCUT2D eigenvalue weighted by atomic mass is 16.3. The Morgan fingerprint density at radius 3 is 2.81 bits per heavy atom. The molecule has 21 heavy (non-hydrogen) atoms. The molecule has 2 fully saturated rings. The van der Waals surface area contributed by atoms with E-state index in [1.54, 1.807) is 0 Å². The third-order valence-electron chi connectivity index (χ3n) is 5.45. The highest BCUT2D eigenvalue weighted by Crippen LogP contribution is 2.28. The third-order valence-corrected chi connectivity index (χ3v) is 5.45. The number of rotatable bonds is 7. The van der Waals surface area contributed by atoms with Crippen LogP contribution in [0.25, 0.3) is 0 Å². The van der Waals surface area contributed by atoms with E-state index in [0.29, 0.717) is 12.1 Å². The molecule has 2 heterocycles. The molecule has 2 aliphatic heterocycles. The van der Waals surface area contributed by atoms with Gasteiger partial charge >= 0.3 is 0 Å². The summed E-state index contributed by atoms with van der Waals surface area (Å²) in [6.45, 7) is 14.0. The van der Waals surface area contributed by atoms with E-state index in [-0.39, 0.29) is 12.1 Å². The van der Waals surface area contributed by atoms with Crippen molar-refractivity contribution in [1.82, 2.24) is 15.1 Å². The first kappa shape index (κ1) is 17.2. The Bertz CT molecular complexity index is 325. The predicted molar refractivity (Wildman–Crippen MR) is 88.6 cm³/mol. The molecule has 4 heteroatoms. The normalized spacial score (nSPS) is 31.9. The van der Waals surface area contributed by atoms with Gasteiger partial charge in [0.2, 0.25) is 0 Å². The van der Waals surface area contributed by atoms with Crippen LogP contribution in [-0.4, -0.2) is 71.4 Å². The third kappa shape index (κ3) is 4.19. The highest BCUT2D eigenvalue weighted by Gasteiger charge is 2.37. The van der Waals surface area contributed by atoms with Crippen molar-refractivity contribution in [2.24, 2.45) is 0 Å². The van der Waals surface area contributed by atoms with Crippen molar-refractivity contribution in [3.05, 3.63) is 0 Å². The van der Waals surface area contributed by atoms with E-state index >= 15 is 0 Å². The number of piperazine rings is 1. The van der Waals surface area contributed by atoms with Crippen LogP contribution >= 0.6 is 0 Å². The van der Waals surface area contributed by atoms with Gasteiger partial charge in [-0.2, -0.15) is 0 Å². The van der Waals surface area contributed by atoms with Crippen molar-refractivity contribution in [1.29, 1.82) is 0 Å². The van der Waals surface area contributed by atoms with E-state index < -0.39 is 0 Å². The average Bonchev–Trinajstić information content (AvgIpc) is 2.91.